The van der Waals surface area contributed by atoms with Crippen LogP contribution in [0.5, 0.6) is 0 Å². The lowest BCUT2D eigenvalue weighted by atomic mass is 10.3. The zero-order valence-corrected chi connectivity index (χ0v) is 8.56. The Bertz CT molecular complexity index is 213. The molecule has 0 bridgehead atoms. The van der Waals surface area contributed by atoms with Gasteiger partial charge in [0.1, 0.15) is 13.2 Å². The van der Waals surface area contributed by atoms with Crippen molar-refractivity contribution in [2.45, 2.75) is 19.8 Å². The fourth-order valence-electron chi connectivity index (χ4n) is 0.756. The first-order valence-electron chi connectivity index (χ1n) is 4.51. The van der Waals surface area contributed by atoms with E-state index in [1.54, 1.807) is 0 Å². The molecule has 0 atom stereocenters. The van der Waals surface area contributed by atoms with Gasteiger partial charge in [-0.15, -0.1) is 0 Å². The van der Waals surface area contributed by atoms with Crippen molar-refractivity contribution in [1.82, 2.24) is 0 Å². The van der Waals surface area contributed by atoms with E-state index < -0.39 is 5.97 Å². The smallest absolute Gasteiger partial charge is 0.306 e. The van der Waals surface area contributed by atoms with E-state index in [1.165, 1.54) is 6.92 Å². The first kappa shape index (κ1) is 13.4. The van der Waals surface area contributed by atoms with Crippen LogP contribution in [0, 0.1) is 0 Å². The zero-order chi connectivity index (χ0) is 11.5. The van der Waals surface area contributed by atoms with Crippen molar-refractivity contribution in [2.75, 3.05) is 19.8 Å². The van der Waals surface area contributed by atoms with Crippen LogP contribution in [0.1, 0.15) is 19.8 Å². The van der Waals surface area contributed by atoms with Gasteiger partial charge in [-0.2, -0.15) is 0 Å². The van der Waals surface area contributed by atoms with Crippen molar-refractivity contribution in [3.63, 3.8) is 0 Å². The third-order valence-corrected chi connectivity index (χ3v) is 1.36. The van der Waals surface area contributed by atoms with Crippen LogP contribution in [0.2, 0.25) is 0 Å². The van der Waals surface area contributed by atoms with Crippen molar-refractivity contribution < 1.29 is 28.6 Å². The summed E-state index contributed by atoms with van der Waals surface area (Å²) in [5.74, 6) is -0.778. The van der Waals surface area contributed by atoms with Gasteiger partial charge in [0, 0.05) is 13.3 Å². The Morgan fingerprint density at radius 3 is 2.47 bits per heavy atom. The molecule has 0 rings (SSSR count). The molecule has 0 radical (unpaired) electrons. The maximum atomic E-state index is 10.9. The van der Waals surface area contributed by atoms with Crippen LogP contribution in [0.3, 0.4) is 0 Å². The van der Waals surface area contributed by atoms with Gasteiger partial charge in [0.15, 0.2) is 0 Å². The monoisotopic (exact) mass is 218 g/mol. The first-order chi connectivity index (χ1) is 7.16. The van der Waals surface area contributed by atoms with Crippen LogP contribution >= 0.6 is 0 Å². The lowest BCUT2D eigenvalue weighted by Gasteiger charge is -2.03. The summed E-state index contributed by atoms with van der Waals surface area (Å²) in [6.07, 6.45) is 0.599. The van der Waals surface area contributed by atoms with E-state index in [4.69, 9.17) is 0 Å². The molecular formula is C9H14O6. The molecule has 0 amide bonds. The molecule has 0 spiro atoms. The van der Waals surface area contributed by atoms with Gasteiger partial charge < -0.3 is 14.2 Å². The molecule has 6 nitrogen and oxygen atoms in total. The third kappa shape index (κ3) is 10.3. The molecule has 86 valence electrons. The van der Waals surface area contributed by atoms with Gasteiger partial charge in [0.25, 0.3) is 6.47 Å². The number of esters is 2. The van der Waals surface area contributed by atoms with Gasteiger partial charge in [-0.05, 0) is 6.42 Å². The fourth-order valence-corrected chi connectivity index (χ4v) is 0.756. The Labute approximate surface area is 87.5 Å². The summed E-state index contributed by atoms with van der Waals surface area (Å²) in [6.45, 7) is 1.89. The molecule has 0 saturated heterocycles. The number of ether oxygens (including phenoxy) is 3. The second kappa shape index (κ2) is 8.98. The lowest BCUT2D eigenvalue weighted by Crippen LogP contribution is -2.11. The van der Waals surface area contributed by atoms with E-state index in [-0.39, 0.29) is 38.7 Å². The number of carbonyl (C=O) groups excluding carboxylic acids is 3. The molecule has 0 heterocycles. The minimum Gasteiger partial charge on any atom is -0.466 e. The molecule has 6 heteroatoms. The molecule has 0 aliphatic heterocycles. The van der Waals surface area contributed by atoms with Crippen LogP contribution in [0.25, 0.3) is 0 Å². The van der Waals surface area contributed by atoms with Crippen LogP contribution in [-0.2, 0) is 28.6 Å². The zero-order valence-electron chi connectivity index (χ0n) is 8.56. The van der Waals surface area contributed by atoms with Gasteiger partial charge in [-0.3, -0.25) is 14.4 Å². The molecule has 0 saturated carbocycles. The average molecular weight is 218 g/mol. The topological polar surface area (TPSA) is 78.9 Å². The minimum atomic E-state index is -0.406. The van der Waals surface area contributed by atoms with Crippen molar-refractivity contribution in [1.29, 1.82) is 0 Å². The highest BCUT2D eigenvalue weighted by atomic mass is 16.6. The van der Waals surface area contributed by atoms with Gasteiger partial charge in [-0.1, -0.05) is 0 Å². The minimum absolute atomic E-state index is 0.0468. The molecule has 0 aromatic rings. The van der Waals surface area contributed by atoms with Crippen LogP contribution < -0.4 is 0 Å². The van der Waals surface area contributed by atoms with Crippen LogP contribution in [0.15, 0.2) is 0 Å². The molecule has 0 fully saturated rings. The quantitative estimate of drug-likeness (QED) is 0.248. The standard InChI is InChI=1S/C9H14O6/c1-8(11)14-4-2-3-9(12)15-6-5-13-7-10/h7H,2-6H2,1H3. The number of hydrogen-bond donors (Lipinski definition) is 0. The highest BCUT2D eigenvalue weighted by Gasteiger charge is 2.03. The second-order valence-corrected chi connectivity index (χ2v) is 2.63. The van der Waals surface area contributed by atoms with E-state index in [2.05, 4.69) is 14.2 Å². The van der Waals surface area contributed by atoms with Crippen LogP contribution in [-0.4, -0.2) is 38.2 Å². The van der Waals surface area contributed by atoms with Crippen molar-refractivity contribution in [3.05, 3.63) is 0 Å². The Hall–Kier alpha value is -1.59. The number of rotatable bonds is 8. The summed E-state index contributed by atoms with van der Waals surface area (Å²) < 4.78 is 13.6. The summed E-state index contributed by atoms with van der Waals surface area (Å²) >= 11 is 0. The van der Waals surface area contributed by atoms with E-state index in [0.29, 0.717) is 6.42 Å². The molecule has 0 aromatic carbocycles. The molecule has 15 heavy (non-hydrogen) atoms. The Morgan fingerprint density at radius 2 is 1.87 bits per heavy atom. The summed E-state index contributed by atoms with van der Waals surface area (Å²) in [4.78, 5) is 31.0. The van der Waals surface area contributed by atoms with E-state index in [0.717, 1.165) is 0 Å². The van der Waals surface area contributed by atoms with E-state index in [9.17, 15) is 14.4 Å². The highest BCUT2D eigenvalue weighted by molar-refractivity contribution is 5.69. The van der Waals surface area contributed by atoms with Gasteiger partial charge in [0.2, 0.25) is 0 Å². The lowest BCUT2D eigenvalue weighted by molar-refractivity contribution is -0.148. The van der Waals surface area contributed by atoms with E-state index >= 15 is 0 Å². The van der Waals surface area contributed by atoms with Crippen molar-refractivity contribution >= 4 is 18.4 Å². The fraction of sp³-hybridized carbons (Fsp3) is 0.667. The van der Waals surface area contributed by atoms with Crippen molar-refractivity contribution in [2.24, 2.45) is 0 Å². The van der Waals surface area contributed by atoms with Gasteiger partial charge >= 0.3 is 11.9 Å². The normalized spacial score (nSPS) is 9.13. The maximum Gasteiger partial charge on any atom is 0.306 e. The molecule has 0 unspecified atom stereocenters. The summed E-state index contributed by atoms with van der Waals surface area (Å²) in [7, 11) is 0. The maximum absolute atomic E-state index is 10.9. The van der Waals surface area contributed by atoms with Crippen molar-refractivity contribution in [3.8, 4) is 0 Å². The summed E-state index contributed by atoms with van der Waals surface area (Å²) in [5.41, 5.74) is 0. The number of carbonyl (C=O) groups is 3. The Morgan fingerprint density at radius 1 is 1.13 bits per heavy atom. The van der Waals surface area contributed by atoms with Crippen LogP contribution in [0.4, 0.5) is 0 Å². The summed E-state index contributed by atoms with van der Waals surface area (Å²) in [5, 5.41) is 0. The largest absolute Gasteiger partial charge is 0.466 e. The predicted octanol–water partition coefficient (Wildman–Crippen LogP) is 0.0459. The van der Waals surface area contributed by atoms with E-state index in [1.807, 2.05) is 0 Å². The molecular weight excluding hydrogens is 204 g/mol. The predicted molar refractivity (Wildman–Crippen MR) is 48.8 cm³/mol. The Kier molecular flexibility index (Phi) is 8.03. The molecule has 0 aliphatic carbocycles. The first-order valence-corrected chi connectivity index (χ1v) is 4.51. The van der Waals surface area contributed by atoms with Gasteiger partial charge in [0.05, 0.1) is 6.61 Å². The second-order valence-electron chi connectivity index (χ2n) is 2.63. The SMILES string of the molecule is CC(=O)OCCCC(=O)OCCOC=O. The third-order valence-electron chi connectivity index (χ3n) is 1.36. The number of hydrogen-bond acceptors (Lipinski definition) is 6. The molecule has 0 N–H and O–H groups in total. The molecule has 0 aromatic heterocycles. The average Bonchev–Trinajstić information content (AvgIpc) is 2.19. The molecule has 0 aliphatic rings. The highest BCUT2D eigenvalue weighted by Crippen LogP contribution is 1.94. The summed E-state index contributed by atoms with van der Waals surface area (Å²) in [6, 6.07) is 0. The van der Waals surface area contributed by atoms with Gasteiger partial charge in [-0.25, -0.2) is 0 Å². The Balaban J connectivity index is 3.25.